The number of nitrogens with zero attached hydrogens (tertiary/aromatic N) is 4. The van der Waals surface area contributed by atoms with Crippen molar-refractivity contribution < 1.29 is 22.7 Å². The summed E-state index contributed by atoms with van der Waals surface area (Å²) in [7, 11) is 3.21. The standard InChI is InChI=1S/C26H28F3N7O2/c1-35-21-5-3-4-16(18(21)13-23(35)37)14-31-24-19(26(27,28)29)15-32-25(34-24)33-20-7-6-17(12-22(20)38-2)36-10-8-30-9-11-36/h3-7,12,15,30H,8-11,13-14H2,1-2H3,(H2,31,32,33,34). The van der Waals surface area contributed by atoms with Crippen molar-refractivity contribution in [2.45, 2.75) is 19.1 Å². The lowest BCUT2D eigenvalue weighted by Gasteiger charge is -2.30. The molecule has 3 heterocycles. The number of aromatic nitrogens is 2. The van der Waals surface area contributed by atoms with Crippen LogP contribution in [0.2, 0.25) is 0 Å². The first-order valence-corrected chi connectivity index (χ1v) is 12.2. The maximum absolute atomic E-state index is 13.8. The Bertz CT molecular complexity index is 1340. The third-order valence-corrected chi connectivity index (χ3v) is 6.77. The summed E-state index contributed by atoms with van der Waals surface area (Å²) in [4.78, 5) is 24.0. The molecule has 0 radical (unpaired) electrons. The van der Waals surface area contributed by atoms with Gasteiger partial charge in [-0.25, -0.2) is 4.98 Å². The molecule has 3 N–H and O–H groups in total. The molecule has 2 aromatic carbocycles. The Morgan fingerprint density at radius 3 is 2.68 bits per heavy atom. The van der Waals surface area contributed by atoms with E-state index in [1.807, 2.05) is 18.2 Å². The molecule has 3 aromatic rings. The van der Waals surface area contributed by atoms with E-state index in [1.165, 1.54) is 7.11 Å². The predicted molar refractivity (Wildman–Crippen MR) is 139 cm³/mol. The maximum Gasteiger partial charge on any atom is 0.421 e. The largest absolute Gasteiger partial charge is 0.494 e. The topological polar surface area (TPSA) is 94.7 Å². The molecular formula is C26H28F3N7O2. The lowest BCUT2D eigenvalue weighted by Crippen LogP contribution is -2.43. The van der Waals surface area contributed by atoms with Crippen molar-refractivity contribution in [2.24, 2.45) is 0 Å². The van der Waals surface area contributed by atoms with E-state index < -0.39 is 11.7 Å². The average Bonchev–Trinajstić information content (AvgIpc) is 3.21. The summed E-state index contributed by atoms with van der Waals surface area (Å²) in [6.45, 7) is 3.56. The molecule has 38 heavy (non-hydrogen) atoms. The van der Waals surface area contributed by atoms with Crippen LogP contribution in [0.3, 0.4) is 0 Å². The van der Waals surface area contributed by atoms with E-state index >= 15 is 0 Å². The van der Waals surface area contributed by atoms with Gasteiger partial charge in [0.05, 0.1) is 19.2 Å². The van der Waals surface area contributed by atoms with Crippen molar-refractivity contribution >= 4 is 34.7 Å². The van der Waals surface area contributed by atoms with Gasteiger partial charge in [-0.3, -0.25) is 4.79 Å². The first kappa shape index (κ1) is 25.6. The van der Waals surface area contributed by atoms with Crippen molar-refractivity contribution in [3.63, 3.8) is 0 Å². The van der Waals surface area contributed by atoms with Crippen LogP contribution < -0.4 is 30.5 Å². The molecule has 0 unspecified atom stereocenters. The number of nitrogens with one attached hydrogen (secondary N) is 3. The normalized spacial score (nSPS) is 15.4. The van der Waals surface area contributed by atoms with Gasteiger partial charge in [0.15, 0.2) is 0 Å². The Morgan fingerprint density at radius 1 is 1.16 bits per heavy atom. The highest BCUT2D eigenvalue weighted by Gasteiger charge is 2.35. The number of amides is 1. The van der Waals surface area contributed by atoms with Crippen LogP contribution in [0.5, 0.6) is 5.75 Å². The zero-order valence-electron chi connectivity index (χ0n) is 21.0. The van der Waals surface area contributed by atoms with Crippen molar-refractivity contribution in [2.75, 3.05) is 60.8 Å². The number of benzene rings is 2. The maximum atomic E-state index is 13.8. The molecule has 0 bridgehead atoms. The number of rotatable bonds is 7. The highest BCUT2D eigenvalue weighted by molar-refractivity contribution is 6.01. The summed E-state index contributed by atoms with van der Waals surface area (Å²) in [6.07, 6.45) is -3.69. The van der Waals surface area contributed by atoms with E-state index in [9.17, 15) is 18.0 Å². The summed E-state index contributed by atoms with van der Waals surface area (Å²) < 4.78 is 46.9. The van der Waals surface area contributed by atoms with Crippen LogP contribution in [0.25, 0.3) is 0 Å². The molecule has 5 rings (SSSR count). The van der Waals surface area contributed by atoms with E-state index in [0.29, 0.717) is 11.4 Å². The van der Waals surface area contributed by atoms with E-state index in [-0.39, 0.29) is 30.6 Å². The van der Waals surface area contributed by atoms with Crippen LogP contribution in [0.1, 0.15) is 16.7 Å². The van der Waals surface area contributed by atoms with Gasteiger partial charge in [-0.05, 0) is 29.3 Å². The van der Waals surface area contributed by atoms with E-state index in [0.717, 1.165) is 54.9 Å². The van der Waals surface area contributed by atoms with E-state index in [4.69, 9.17) is 4.74 Å². The van der Waals surface area contributed by atoms with Gasteiger partial charge in [0.1, 0.15) is 17.1 Å². The first-order valence-electron chi connectivity index (χ1n) is 12.2. The number of alkyl halides is 3. The molecular weight excluding hydrogens is 499 g/mol. The molecule has 1 amide bonds. The zero-order chi connectivity index (χ0) is 26.9. The fraction of sp³-hybridized carbons (Fsp3) is 0.346. The Labute approximate surface area is 218 Å². The monoisotopic (exact) mass is 527 g/mol. The molecule has 9 nitrogen and oxygen atoms in total. The smallest absolute Gasteiger partial charge is 0.421 e. The van der Waals surface area contributed by atoms with Crippen molar-refractivity contribution in [3.8, 4) is 5.75 Å². The average molecular weight is 528 g/mol. The molecule has 0 spiro atoms. The Balaban J connectivity index is 1.39. The molecule has 2 aliphatic rings. The van der Waals surface area contributed by atoms with Crippen LogP contribution in [0, 0.1) is 0 Å². The molecule has 0 aliphatic carbocycles. The lowest BCUT2D eigenvalue weighted by atomic mass is 10.0. The second kappa shape index (κ2) is 10.4. The molecule has 200 valence electrons. The number of ether oxygens (including phenoxy) is 1. The first-order chi connectivity index (χ1) is 18.2. The fourth-order valence-electron chi connectivity index (χ4n) is 4.70. The number of carbonyl (C=O) groups excluding carboxylic acids is 1. The summed E-state index contributed by atoms with van der Waals surface area (Å²) in [5.74, 6) is 0.0881. The molecule has 0 saturated carbocycles. The number of methoxy groups -OCH3 is 1. The highest BCUT2D eigenvalue weighted by atomic mass is 19.4. The summed E-state index contributed by atoms with van der Waals surface area (Å²) >= 11 is 0. The molecule has 1 fully saturated rings. The fourth-order valence-corrected chi connectivity index (χ4v) is 4.70. The van der Waals surface area contributed by atoms with Crippen LogP contribution in [0.4, 0.5) is 42.0 Å². The summed E-state index contributed by atoms with van der Waals surface area (Å²) in [5.41, 5.74) is 2.81. The summed E-state index contributed by atoms with van der Waals surface area (Å²) in [5, 5.41) is 9.11. The van der Waals surface area contributed by atoms with Crippen LogP contribution >= 0.6 is 0 Å². The minimum atomic E-state index is -4.65. The second-order valence-electron chi connectivity index (χ2n) is 9.10. The minimum absolute atomic E-state index is 0.0121. The molecule has 0 atom stereocenters. The van der Waals surface area contributed by atoms with Gasteiger partial charge >= 0.3 is 6.18 Å². The number of anilines is 5. The lowest BCUT2D eigenvalue weighted by molar-refractivity contribution is -0.137. The Hall–Kier alpha value is -4.06. The van der Waals surface area contributed by atoms with E-state index in [2.05, 4.69) is 30.8 Å². The summed E-state index contributed by atoms with van der Waals surface area (Å²) in [6, 6.07) is 11.0. The number of hydrogen-bond acceptors (Lipinski definition) is 8. The van der Waals surface area contributed by atoms with Crippen LogP contribution in [-0.4, -0.2) is 56.2 Å². The minimum Gasteiger partial charge on any atom is -0.494 e. The van der Waals surface area contributed by atoms with Gasteiger partial charge in [-0.2, -0.15) is 18.2 Å². The zero-order valence-corrected chi connectivity index (χ0v) is 21.0. The number of piperazine rings is 1. The van der Waals surface area contributed by atoms with E-state index in [1.54, 1.807) is 30.1 Å². The highest BCUT2D eigenvalue weighted by Crippen LogP contribution is 2.37. The molecule has 12 heteroatoms. The van der Waals surface area contributed by atoms with Crippen LogP contribution in [-0.2, 0) is 23.9 Å². The second-order valence-corrected chi connectivity index (χ2v) is 9.10. The predicted octanol–water partition coefficient (Wildman–Crippen LogP) is 3.79. The number of fused-ring (bicyclic) bond motifs is 1. The third kappa shape index (κ3) is 5.17. The number of hydrogen-bond donors (Lipinski definition) is 3. The third-order valence-electron chi connectivity index (χ3n) is 6.77. The Kier molecular flexibility index (Phi) is 6.98. The van der Waals surface area contributed by atoms with Crippen LogP contribution in [0.15, 0.2) is 42.6 Å². The van der Waals surface area contributed by atoms with Gasteiger partial charge in [-0.15, -0.1) is 0 Å². The molecule has 1 saturated heterocycles. The van der Waals surface area contributed by atoms with Crippen molar-refractivity contribution in [1.82, 2.24) is 15.3 Å². The quantitative estimate of drug-likeness (QED) is 0.428. The van der Waals surface area contributed by atoms with Gasteiger partial charge in [-0.1, -0.05) is 12.1 Å². The van der Waals surface area contributed by atoms with Crippen molar-refractivity contribution in [3.05, 3.63) is 59.3 Å². The van der Waals surface area contributed by atoms with Gasteiger partial charge < -0.3 is 30.5 Å². The Morgan fingerprint density at radius 2 is 1.95 bits per heavy atom. The van der Waals surface area contributed by atoms with Gasteiger partial charge in [0, 0.05) is 63.4 Å². The molecule has 2 aliphatic heterocycles. The van der Waals surface area contributed by atoms with Gasteiger partial charge in [0.25, 0.3) is 0 Å². The SMILES string of the molecule is COc1cc(N2CCNCC2)ccc1Nc1ncc(C(F)(F)F)c(NCc2cccc3c2CC(=O)N3C)n1. The molecule has 1 aromatic heterocycles. The number of likely N-dealkylation sites (N-methyl/N-ethyl adjacent to an activating group) is 1. The number of halogens is 3. The number of carbonyl (C=O) groups is 1. The van der Waals surface area contributed by atoms with Gasteiger partial charge in [0.2, 0.25) is 11.9 Å². The van der Waals surface area contributed by atoms with Crippen molar-refractivity contribution in [1.29, 1.82) is 0 Å².